The zero-order valence-corrected chi connectivity index (χ0v) is 11.4. The van der Waals surface area contributed by atoms with E-state index in [1.54, 1.807) is 29.4 Å². The SMILES string of the molecule is O=C(O)C(c1ccccc1)N1C=Cc2[nH]ncc2C1S. The molecule has 0 amide bonds. The Labute approximate surface area is 121 Å². The largest absolute Gasteiger partial charge is 0.479 e. The van der Waals surface area contributed by atoms with E-state index in [0.29, 0.717) is 0 Å². The van der Waals surface area contributed by atoms with Crippen LogP contribution in [0.1, 0.15) is 28.2 Å². The first kappa shape index (κ1) is 12.8. The maximum absolute atomic E-state index is 11.7. The lowest BCUT2D eigenvalue weighted by molar-refractivity contribution is -0.142. The van der Waals surface area contributed by atoms with Crippen LogP contribution < -0.4 is 0 Å². The van der Waals surface area contributed by atoms with Crippen LogP contribution in [0.15, 0.2) is 42.7 Å². The summed E-state index contributed by atoms with van der Waals surface area (Å²) in [6.07, 6.45) is 5.23. The Bertz CT molecular complexity index is 653. The standard InChI is InChI=1S/C14H13N3O2S/c18-14(19)12(9-4-2-1-3-5-9)17-7-6-11-10(13(17)20)8-15-16-11/h1-8,12-13,20H,(H,15,16)(H,18,19). The van der Waals surface area contributed by atoms with E-state index < -0.39 is 12.0 Å². The van der Waals surface area contributed by atoms with Gasteiger partial charge in [0.05, 0.1) is 11.9 Å². The highest BCUT2D eigenvalue weighted by Gasteiger charge is 2.32. The number of aromatic amines is 1. The second-order valence-corrected chi connectivity index (χ2v) is 5.02. The number of hydrogen-bond donors (Lipinski definition) is 3. The Morgan fingerprint density at radius 2 is 2.15 bits per heavy atom. The number of carboxylic acid groups (broad SMARTS) is 1. The fourth-order valence-electron chi connectivity index (χ4n) is 2.35. The number of carbonyl (C=O) groups is 1. The number of carboxylic acids is 1. The second-order valence-electron chi connectivity index (χ2n) is 4.53. The first-order valence-corrected chi connectivity index (χ1v) is 6.65. The van der Waals surface area contributed by atoms with Crippen LogP contribution in [0.3, 0.4) is 0 Å². The molecule has 1 aromatic heterocycles. The van der Waals surface area contributed by atoms with Gasteiger partial charge in [-0.1, -0.05) is 30.3 Å². The highest BCUT2D eigenvalue weighted by molar-refractivity contribution is 7.80. The number of benzene rings is 1. The molecule has 3 rings (SSSR count). The molecule has 2 heterocycles. The van der Waals surface area contributed by atoms with Gasteiger partial charge in [-0.3, -0.25) is 5.10 Å². The Morgan fingerprint density at radius 3 is 2.85 bits per heavy atom. The van der Waals surface area contributed by atoms with E-state index in [1.807, 2.05) is 24.3 Å². The summed E-state index contributed by atoms with van der Waals surface area (Å²) < 4.78 is 0. The van der Waals surface area contributed by atoms with Gasteiger partial charge in [0.15, 0.2) is 6.04 Å². The number of thiol groups is 1. The first-order valence-electron chi connectivity index (χ1n) is 6.13. The van der Waals surface area contributed by atoms with Crippen LogP contribution in [-0.4, -0.2) is 26.2 Å². The van der Waals surface area contributed by atoms with Crippen LogP contribution in [0, 0.1) is 0 Å². The monoisotopic (exact) mass is 287 g/mol. The minimum absolute atomic E-state index is 0.352. The van der Waals surface area contributed by atoms with Crippen molar-refractivity contribution in [2.75, 3.05) is 0 Å². The summed E-state index contributed by atoms with van der Waals surface area (Å²) in [5.74, 6) is -0.910. The van der Waals surface area contributed by atoms with Gasteiger partial charge in [0.25, 0.3) is 0 Å². The Kier molecular flexibility index (Phi) is 3.23. The third kappa shape index (κ3) is 2.08. The van der Waals surface area contributed by atoms with Gasteiger partial charge in [0, 0.05) is 11.8 Å². The average Bonchev–Trinajstić information content (AvgIpc) is 2.92. The Balaban J connectivity index is 2.00. The molecule has 1 aromatic carbocycles. The van der Waals surface area contributed by atoms with E-state index in [-0.39, 0.29) is 5.37 Å². The predicted molar refractivity (Wildman–Crippen MR) is 78.0 cm³/mol. The molecular weight excluding hydrogens is 274 g/mol. The van der Waals surface area contributed by atoms with Gasteiger partial charge in [-0.05, 0) is 11.6 Å². The maximum Gasteiger partial charge on any atom is 0.331 e. The minimum atomic E-state index is -0.910. The summed E-state index contributed by atoms with van der Waals surface area (Å²) >= 11 is 4.54. The zero-order chi connectivity index (χ0) is 14.1. The Morgan fingerprint density at radius 1 is 1.40 bits per heavy atom. The second kappa shape index (κ2) is 5.05. The lowest BCUT2D eigenvalue weighted by Gasteiger charge is -2.34. The van der Waals surface area contributed by atoms with Crippen molar-refractivity contribution >= 4 is 24.7 Å². The van der Waals surface area contributed by atoms with Crippen LogP contribution in [0.5, 0.6) is 0 Å². The van der Waals surface area contributed by atoms with Gasteiger partial charge in [-0.15, -0.1) is 12.6 Å². The van der Waals surface area contributed by atoms with Crippen LogP contribution in [0.4, 0.5) is 0 Å². The molecular formula is C14H13N3O2S. The lowest BCUT2D eigenvalue weighted by atomic mass is 10.0. The van der Waals surface area contributed by atoms with E-state index in [0.717, 1.165) is 16.8 Å². The summed E-state index contributed by atoms with van der Waals surface area (Å²) in [4.78, 5) is 13.4. The third-order valence-corrected chi connectivity index (χ3v) is 3.87. The van der Waals surface area contributed by atoms with Gasteiger partial charge in [0.1, 0.15) is 5.37 Å². The van der Waals surface area contributed by atoms with E-state index in [2.05, 4.69) is 22.8 Å². The summed E-state index contributed by atoms with van der Waals surface area (Å²) in [6.45, 7) is 0. The predicted octanol–water partition coefficient (Wildman–Crippen LogP) is 2.45. The molecule has 2 aromatic rings. The summed E-state index contributed by atoms with van der Waals surface area (Å²) in [7, 11) is 0. The number of aromatic nitrogens is 2. The van der Waals surface area contributed by atoms with E-state index in [9.17, 15) is 9.90 Å². The first-order chi connectivity index (χ1) is 9.68. The van der Waals surface area contributed by atoms with Gasteiger partial charge < -0.3 is 10.0 Å². The normalized spacial score (nSPS) is 18.6. The molecule has 0 bridgehead atoms. The van der Waals surface area contributed by atoms with Gasteiger partial charge in [-0.25, -0.2) is 4.79 Å². The molecule has 0 spiro atoms. The lowest BCUT2D eigenvalue weighted by Crippen LogP contribution is -2.32. The summed E-state index contributed by atoms with van der Waals surface area (Å²) in [5, 5.41) is 16.0. The molecule has 0 aliphatic carbocycles. The van der Waals surface area contributed by atoms with Crippen molar-refractivity contribution in [3.63, 3.8) is 0 Å². The Hall–Kier alpha value is -2.21. The molecule has 6 heteroatoms. The van der Waals surface area contributed by atoms with E-state index >= 15 is 0 Å². The van der Waals surface area contributed by atoms with Gasteiger partial charge in [0.2, 0.25) is 0 Å². The van der Waals surface area contributed by atoms with Crippen molar-refractivity contribution in [3.05, 3.63) is 59.5 Å². The molecule has 0 saturated carbocycles. The maximum atomic E-state index is 11.7. The molecule has 1 aliphatic rings. The number of hydrogen-bond acceptors (Lipinski definition) is 4. The molecule has 2 atom stereocenters. The highest BCUT2D eigenvalue weighted by Crippen LogP contribution is 2.38. The number of aliphatic carboxylic acids is 1. The number of nitrogens with one attached hydrogen (secondary N) is 1. The third-order valence-electron chi connectivity index (χ3n) is 3.32. The molecule has 0 fully saturated rings. The van der Waals surface area contributed by atoms with Crippen molar-refractivity contribution in [3.8, 4) is 0 Å². The van der Waals surface area contributed by atoms with E-state index in [1.165, 1.54) is 0 Å². The molecule has 2 N–H and O–H groups in total. The van der Waals surface area contributed by atoms with Gasteiger partial charge >= 0.3 is 5.97 Å². The molecule has 0 saturated heterocycles. The zero-order valence-electron chi connectivity index (χ0n) is 10.5. The van der Waals surface area contributed by atoms with Crippen molar-refractivity contribution in [2.24, 2.45) is 0 Å². The van der Waals surface area contributed by atoms with Crippen LogP contribution in [0.2, 0.25) is 0 Å². The van der Waals surface area contributed by atoms with Gasteiger partial charge in [-0.2, -0.15) is 5.10 Å². The summed E-state index contributed by atoms with van der Waals surface area (Å²) in [6, 6.07) is 8.35. The smallest absolute Gasteiger partial charge is 0.331 e. The van der Waals surface area contributed by atoms with Crippen molar-refractivity contribution in [1.29, 1.82) is 0 Å². The topological polar surface area (TPSA) is 69.2 Å². The van der Waals surface area contributed by atoms with Crippen LogP contribution in [-0.2, 0) is 4.79 Å². The molecule has 1 aliphatic heterocycles. The fraction of sp³-hybridized carbons (Fsp3) is 0.143. The number of rotatable bonds is 3. The van der Waals surface area contributed by atoms with E-state index in [4.69, 9.17) is 0 Å². The molecule has 0 radical (unpaired) electrons. The molecule has 102 valence electrons. The van der Waals surface area contributed by atoms with Crippen molar-refractivity contribution < 1.29 is 9.90 Å². The van der Waals surface area contributed by atoms with Crippen molar-refractivity contribution in [2.45, 2.75) is 11.4 Å². The fourth-order valence-corrected chi connectivity index (χ4v) is 2.77. The molecule has 2 unspecified atom stereocenters. The number of nitrogens with zero attached hydrogens (tertiary/aromatic N) is 2. The molecule has 20 heavy (non-hydrogen) atoms. The highest BCUT2D eigenvalue weighted by atomic mass is 32.1. The van der Waals surface area contributed by atoms with Crippen LogP contribution in [0.25, 0.3) is 6.08 Å². The summed E-state index contributed by atoms with van der Waals surface area (Å²) in [5.41, 5.74) is 2.45. The van der Waals surface area contributed by atoms with Crippen molar-refractivity contribution in [1.82, 2.24) is 15.1 Å². The number of fused-ring (bicyclic) bond motifs is 1. The quantitative estimate of drug-likeness (QED) is 0.758. The minimum Gasteiger partial charge on any atom is -0.479 e. The van der Waals surface area contributed by atoms with Crippen LogP contribution >= 0.6 is 12.6 Å². The number of H-pyrrole nitrogens is 1. The molecule has 5 nitrogen and oxygen atoms in total. The average molecular weight is 287 g/mol.